The van der Waals surface area contributed by atoms with E-state index in [0.29, 0.717) is 31.6 Å². The van der Waals surface area contributed by atoms with Crippen LogP contribution in [0.3, 0.4) is 0 Å². The van der Waals surface area contributed by atoms with Crippen molar-refractivity contribution in [2.24, 2.45) is 17.8 Å². The molecule has 3 nitrogen and oxygen atoms in total. The molecule has 136 valence electrons. The van der Waals surface area contributed by atoms with Crippen LogP contribution in [0.4, 0.5) is 13.2 Å². The maximum Gasteiger partial charge on any atom is 0.416 e. The lowest BCUT2D eigenvalue weighted by Crippen LogP contribution is -2.42. The number of benzene rings is 1. The van der Waals surface area contributed by atoms with E-state index in [1.54, 1.807) is 0 Å². The first-order chi connectivity index (χ1) is 11.8. The number of nitrogens with one attached hydrogen (secondary N) is 1. The Balaban J connectivity index is 1.47. The van der Waals surface area contributed by atoms with Gasteiger partial charge in [0.05, 0.1) is 5.56 Å². The van der Waals surface area contributed by atoms with E-state index in [-0.39, 0.29) is 23.7 Å². The van der Waals surface area contributed by atoms with Gasteiger partial charge in [0.1, 0.15) is 5.78 Å². The normalized spacial score (nSPS) is 26.4. The van der Waals surface area contributed by atoms with Crippen LogP contribution < -0.4 is 5.32 Å². The largest absolute Gasteiger partial charge is 0.416 e. The molecule has 2 fully saturated rings. The van der Waals surface area contributed by atoms with E-state index in [2.05, 4.69) is 5.32 Å². The fraction of sp³-hybridized carbons (Fsp3) is 0.579. The Morgan fingerprint density at radius 1 is 1.08 bits per heavy atom. The zero-order valence-corrected chi connectivity index (χ0v) is 13.9. The lowest BCUT2D eigenvalue weighted by atomic mass is 9.67. The third kappa shape index (κ3) is 4.22. The van der Waals surface area contributed by atoms with Crippen molar-refractivity contribution in [1.29, 1.82) is 0 Å². The molecule has 2 aliphatic rings. The molecule has 0 heterocycles. The Kier molecular flexibility index (Phi) is 5.16. The lowest BCUT2D eigenvalue weighted by Gasteiger charge is -2.36. The van der Waals surface area contributed by atoms with Crippen molar-refractivity contribution in [1.82, 2.24) is 5.32 Å². The van der Waals surface area contributed by atoms with Gasteiger partial charge >= 0.3 is 6.18 Å². The standard InChI is InChI=1S/C19H22F3NO2/c20-19(21,22)16-6-4-12(5-7-16)8-9-23-18(25)15-10-13-2-1-3-14(11-15)17(13)24/h4-7,13-15H,1-3,8-11H2,(H,23,25). The Morgan fingerprint density at radius 2 is 1.68 bits per heavy atom. The van der Waals surface area contributed by atoms with Crippen molar-refractivity contribution >= 4 is 11.7 Å². The number of carbonyl (C=O) groups is 2. The molecule has 3 rings (SSSR count). The van der Waals surface area contributed by atoms with Crippen LogP contribution in [-0.2, 0) is 22.2 Å². The fourth-order valence-electron chi connectivity index (χ4n) is 4.03. The summed E-state index contributed by atoms with van der Waals surface area (Å²) in [6, 6.07) is 5.01. The van der Waals surface area contributed by atoms with Crippen molar-refractivity contribution < 1.29 is 22.8 Å². The number of carbonyl (C=O) groups excluding carboxylic acids is 2. The molecule has 1 aromatic rings. The van der Waals surface area contributed by atoms with Crippen molar-refractivity contribution in [2.45, 2.75) is 44.7 Å². The topological polar surface area (TPSA) is 46.2 Å². The van der Waals surface area contributed by atoms with E-state index in [0.717, 1.165) is 37.0 Å². The van der Waals surface area contributed by atoms with Gasteiger partial charge in [-0.1, -0.05) is 18.6 Å². The minimum Gasteiger partial charge on any atom is -0.356 e. The molecule has 1 aromatic carbocycles. The average Bonchev–Trinajstić information content (AvgIpc) is 2.54. The minimum atomic E-state index is -4.33. The van der Waals surface area contributed by atoms with E-state index in [4.69, 9.17) is 0 Å². The van der Waals surface area contributed by atoms with Gasteiger partial charge in [-0.2, -0.15) is 13.2 Å². The third-order valence-electron chi connectivity index (χ3n) is 5.41. The highest BCUT2D eigenvalue weighted by Crippen LogP contribution is 2.40. The molecule has 2 saturated carbocycles. The first kappa shape index (κ1) is 18.0. The summed E-state index contributed by atoms with van der Waals surface area (Å²) in [7, 11) is 0. The van der Waals surface area contributed by atoms with Crippen molar-refractivity contribution in [3.63, 3.8) is 0 Å². The number of Topliss-reactive ketones (excluding diaryl/α,β-unsaturated/α-hetero) is 1. The first-order valence-electron chi connectivity index (χ1n) is 8.82. The van der Waals surface area contributed by atoms with Gasteiger partial charge < -0.3 is 5.32 Å². The molecule has 0 aromatic heterocycles. The minimum absolute atomic E-state index is 0.0312. The van der Waals surface area contributed by atoms with Crippen LogP contribution in [0.5, 0.6) is 0 Å². The van der Waals surface area contributed by atoms with Crippen LogP contribution in [0.15, 0.2) is 24.3 Å². The van der Waals surface area contributed by atoms with Crippen LogP contribution in [0.1, 0.15) is 43.2 Å². The van der Waals surface area contributed by atoms with Gasteiger partial charge in [0.25, 0.3) is 0 Å². The molecule has 0 spiro atoms. The average molecular weight is 353 g/mol. The van der Waals surface area contributed by atoms with E-state index in [1.165, 1.54) is 12.1 Å². The van der Waals surface area contributed by atoms with E-state index >= 15 is 0 Å². The highest BCUT2D eigenvalue weighted by molar-refractivity contribution is 5.88. The SMILES string of the molecule is O=C(NCCc1ccc(C(F)(F)F)cc1)C1CC2CCCC(C1)C2=O. The summed E-state index contributed by atoms with van der Waals surface area (Å²) < 4.78 is 37.6. The highest BCUT2D eigenvalue weighted by atomic mass is 19.4. The molecule has 2 aliphatic carbocycles. The van der Waals surface area contributed by atoms with Gasteiger partial charge in [-0.25, -0.2) is 0 Å². The van der Waals surface area contributed by atoms with E-state index in [9.17, 15) is 22.8 Å². The Hall–Kier alpha value is -1.85. The zero-order chi connectivity index (χ0) is 18.0. The van der Waals surface area contributed by atoms with Crippen molar-refractivity contribution in [2.75, 3.05) is 6.54 Å². The summed E-state index contributed by atoms with van der Waals surface area (Å²) in [5, 5.41) is 2.88. The summed E-state index contributed by atoms with van der Waals surface area (Å²) in [5.74, 6) is 0.272. The Bertz CT molecular complexity index is 623. The molecule has 2 atom stereocenters. The van der Waals surface area contributed by atoms with Crippen LogP contribution in [-0.4, -0.2) is 18.2 Å². The molecule has 2 unspecified atom stereocenters. The van der Waals surface area contributed by atoms with Crippen LogP contribution in [0.25, 0.3) is 0 Å². The van der Waals surface area contributed by atoms with Crippen LogP contribution >= 0.6 is 0 Å². The maximum absolute atomic E-state index is 12.5. The Morgan fingerprint density at radius 3 is 2.24 bits per heavy atom. The molecule has 1 amide bonds. The summed E-state index contributed by atoms with van der Waals surface area (Å²) >= 11 is 0. The number of hydrogen-bond acceptors (Lipinski definition) is 2. The fourth-order valence-corrected chi connectivity index (χ4v) is 4.03. The summed E-state index contributed by atoms with van der Waals surface area (Å²) in [5.41, 5.74) is 0.0858. The lowest BCUT2D eigenvalue weighted by molar-refractivity contribution is -0.138. The van der Waals surface area contributed by atoms with Crippen LogP contribution in [0, 0.1) is 17.8 Å². The molecule has 1 N–H and O–H groups in total. The number of amides is 1. The molecular weight excluding hydrogens is 331 g/mol. The molecular formula is C19H22F3NO2. The monoisotopic (exact) mass is 353 g/mol. The summed E-state index contributed by atoms with van der Waals surface area (Å²) in [4.78, 5) is 24.4. The molecule has 25 heavy (non-hydrogen) atoms. The van der Waals surface area contributed by atoms with Crippen LogP contribution in [0.2, 0.25) is 0 Å². The molecule has 6 heteroatoms. The van der Waals surface area contributed by atoms with Gasteiger partial charge in [0.15, 0.2) is 0 Å². The zero-order valence-electron chi connectivity index (χ0n) is 13.9. The number of alkyl halides is 3. The van der Waals surface area contributed by atoms with E-state index < -0.39 is 11.7 Å². The van der Waals surface area contributed by atoms with Gasteiger partial charge in [0, 0.05) is 24.3 Å². The number of halogens is 3. The number of rotatable bonds is 4. The smallest absolute Gasteiger partial charge is 0.356 e. The maximum atomic E-state index is 12.5. The predicted molar refractivity (Wildman–Crippen MR) is 86.7 cm³/mol. The number of fused-ring (bicyclic) bond motifs is 2. The number of ketones is 1. The molecule has 2 bridgehead atoms. The van der Waals surface area contributed by atoms with Crippen molar-refractivity contribution in [3.05, 3.63) is 35.4 Å². The summed E-state index contributed by atoms with van der Waals surface area (Å²) in [6.07, 6.45) is 0.299. The second-order valence-electron chi connectivity index (χ2n) is 7.13. The summed E-state index contributed by atoms with van der Waals surface area (Å²) in [6.45, 7) is 0.393. The number of hydrogen-bond donors (Lipinski definition) is 1. The second-order valence-corrected chi connectivity index (χ2v) is 7.13. The van der Waals surface area contributed by atoms with Gasteiger partial charge in [-0.3, -0.25) is 9.59 Å². The second kappa shape index (κ2) is 7.18. The first-order valence-corrected chi connectivity index (χ1v) is 8.82. The highest BCUT2D eigenvalue weighted by Gasteiger charge is 2.41. The van der Waals surface area contributed by atoms with E-state index in [1.807, 2.05) is 0 Å². The third-order valence-corrected chi connectivity index (χ3v) is 5.41. The van der Waals surface area contributed by atoms with Crippen molar-refractivity contribution in [3.8, 4) is 0 Å². The molecule has 0 saturated heterocycles. The molecule has 0 radical (unpaired) electrons. The predicted octanol–water partition coefficient (Wildman–Crippen LogP) is 3.76. The van der Waals surface area contributed by atoms with Gasteiger partial charge in [-0.15, -0.1) is 0 Å². The van der Waals surface area contributed by atoms with Gasteiger partial charge in [-0.05, 0) is 49.8 Å². The van der Waals surface area contributed by atoms with Gasteiger partial charge in [0.2, 0.25) is 5.91 Å². The Labute approximate surface area is 145 Å². The molecule has 0 aliphatic heterocycles. The quantitative estimate of drug-likeness (QED) is 0.896.